The van der Waals surface area contributed by atoms with Crippen LogP contribution in [-0.2, 0) is 0 Å². The van der Waals surface area contributed by atoms with Crippen molar-refractivity contribution in [1.82, 2.24) is 0 Å². The highest BCUT2D eigenvalue weighted by Gasteiger charge is 2.42. The van der Waals surface area contributed by atoms with Crippen LogP contribution in [-0.4, -0.2) is 26.4 Å². The zero-order chi connectivity index (χ0) is 23.3. The molecule has 0 bridgehead atoms. The molecule has 0 aliphatic heterocycles. The lowest BCUT2D eigenvalue weighted by Gasteiger charge is -2.41. The minimum absolute atomic E-state index is 0.109. The van der Waals surface area contributed by atoms with Crippen LogP contribution in [0, 0.1) is 0 Å². The fourth-order valence-corrected chi connectivity index (χ4v) is 10.2. The Morgan fingerprint density at radius 2 is 0.667 bits per heavy atom. The van der Waals surface area contributed by atoms with Crippen LogP contribution >= 0.6 is 14.3 Å². The molecule has 0 saturated carbocycles. The van der Waals surface area contributed by atoms with Crippen LogP contribution in [0.5, 0.6) is 0 Å². The molecule has 2 atom stereocenters. The Hall–Kier alpha value is -2.13. The second kappa shape index (κ2) is 10.4. The first-order valence-electron chi connectivity index (χ1n) is 11.0. The Balaban J connectivity index is 1.75. The van der Waals surface area contributed by atoms with Crippen LogP contribution in [0.3, 0.4) is 0 Å². The smallest absolute Gasteiger partial charge is 0.0900 e. The Bertz CT molecular complexity index is 963. The summed E-state index contributed by atoms with van der Waals surface area (Å²) in [5, 5.41) is 6.56. The highest BCUT2D eigenvalue weighted by molar-refractivity contribution is 8.09. The number of hydrogen-bond acceptors (Lipinski definition) is 0. The van der Waals surface area contributed by atoms with Crippen LogP contribution < -0.4 is 21.2 Å². The van der Waals surface area contributed by atoms with E-state index in [-0.39, 0.29) is 15.1 Å². The van der Waals surface area contributed by atoms with Crippen molar-refractivity contribution in [2.45, 2.75) is 31.6 Å². The first-order valence-corrected chi connectivity index (χ1v) is 13.8. The molecule has 4 aromatic carbocycles. The molecule has 4 heteroatoms. The summed E-state index contributed by atoms with van der Waals surface area (Å²) >= 11 is 0. The van der Waals surface area contributed by atoms with Crippen molar-refractivity contribution in [3.63, 3.8) is 0 Å². The zero-order valence-electron chi connectivity index (χ0n) is 18.3. The Morgan fingerprint density at radius 3 is 0.879 bits per heavy atom. The molecule has 0 unspecified atom stereocenters. The van der Waals surface area contributed by atoms with Crippen LogP contribution in [0.25, 0.3) is 0 Å². The Morgan fingerprint density at radius 1 is 0.455 bits per heavy atom. The molecule has 0 nitrogen and oxygen atoms in total. The molecule has 0 N–H and O–H groups in total. The van der Waals surface area contributed by atoms with Gasteiger partial charge in [0.25, 0.3) is 0 Å². The number of benzene rings is 4. The van der Waals surface area contributed by atoms with E-state index in [2.05, 4.69) is 135 Å². The Kier molecular flexibility index (Phi) is 7.58. The van der Waals surface area contributed by atoms with E-state index >= 15 is 0 Å². The summed E-state index contributed by atoms with van der Waals surface area (Å²) in [4.78, 5) is 0. The van der Waals surface area contributed by atoms with E-state index in [9.17, 15) is 0 Å². The van der Waals surface area contributed by atoms with Crippen LogP contribution in [0.2, 0.25) is 0 Å². The summed E-state index contributed by atoms with van der Waals surface area (Å²) in [5.41, 5.74) is 1.48. The second-order valence-corrected chi connectivity index (χ2v) is 13.3. The van der Waals surface area contributed by atoms with Gasteiger partial charge < -0.3 is 0 Å². The third-order valence-electron chi connectivity index (χ3n) is 5.70. The van der Waals surface area contributed by atoms with Crippen LogP contribution in [0.15, 0.2) is 121 Å². The van der Waals surface area contributed by atoms with Gasteiger partial charge in [0, 0.05) is 17.7 Å². The standard InChI is InChI=1S/C29H36B2P2/c1-24(32(30,26-15-7-3-8-16-26)27-17-9-4-10-18-27)23-25(2)33(31,28-19-11-5-12-20-28)29-21-13-6-14-22-29/h3-22,24-25H,23H2,1-2,30-31H3/t24-,25-/m0/s1. The maximum absolute atomic E-state index is 2.59. The minimum Gasteiger partial charge on any atom is -0.0900 e. The van der Waals surface area contributed by atoms with Gasteiger partial charge in [-0.05, 0) is 62.4 Å². The lowest BCUT2D eigenvalue weighted by Crippen LogP contribution is -2.36. The molecule has 0 heterocycles. The predicted octanol–water partition coefficient (Wildman–Crippen LogP) is 4.05. The van der Waals surface area contributed by atoms with Gasteiger partial charge in [-0.3, -0.25) is 0 Å². The first-order chi connectivity index (χ1) is 16.0. The van der Waals surface area contributed by atoms with Gasteiger partial charge in [-0.15, -0.1) is 0 Å². The van der Waals surface area contributed by atoms with E-state index < -0.39 is 14.3 Å². The minimum atomic E-state index is -1.28. The molecule has 0 aromatic heterocycles. The number of hydrogen-bond donors (Lipinski definition) is 0. The largest absolute Gasteiger partial charge is 0.138 e. The topological polar surface area (TPSA) is 0 Å². The molecule has 4 aromatic rings. The van der Waals surface area contributed by atoms with Gasteiger partial charge in [-0.1, -0.05) is 87.1 Å². The average Bonchev–Trinajstić information content (AvgIpc) is 2.89. The molecule has 4 rings (SSSR count). The predicted molar refractivity (Wildman–Crippen MR) is 162 cm³/mol. The van der Waals surface area contributed by atoms with E-state index in [0.29, 0.717) is 0 Å². The second-order valence-electron chi connectivity index (χ2n) is 8.02. The number of rotatable bonds is 8. The maximum atomic E-state index is 2.59. The summed E-state index contributed by atoms with van der Waals surface area (Å²) < 4.78 is 0. The van der Waals surface area contributed by atoms with E-state index in [0.717, 1.165) is 11.3 Å². The van der Waals surface area contributed by atoms with Crippen molar-refractivity contribution in [2.75, 3.05) is 0 Å². The molecule has 0 fully saturated rings. The van der Waals surface area contributed by atoms with Crippen molar-refractivity contribution >= 4 is 50.6 Å². The first kappa shape index (κ1) is 24.0. The van der Waals surface area contributed by atoms with Crippen molar-refractivity contribution in [3.8, 4) is 0 Å². The molecule has 0 aliphatic carbocycles. The van der Waals surface area contributed by atoms with Gasteiger partial charge in [0.1, 0.15) is 15.1 Å². The van der Waals surface area contributed by atoms with Gasteiger partial charge in [-0.25, -0.2) is 0 Å². The monoisotopic (exact) mass is 468 g/mol. The third-order valence-corrected chi connectivity index (χ3v) is 11.3. The fraction of sp³-hybridized carbons (Fsp3) is 0.172. The highest BCUT2D eigenvalue weighted by atomic mass is 31.2. The fourth-order valence-electron chi connectivity index (χ4n) is 4.37. The maximum Gasteiger partial charge on any atom is 0.138 e. The normalized spacial score (nSPS) is 13.9. The molecule has 0 amide bonds. The van der Waals surface area contributed by atoms with Gasteiger partial charge in [0.2, 0.25) is 0 Å². The van der Waals surface area contributed by atoms with Crippen LogP contribution in [0.1, 0.15) is 20.3 Å². The zero-order valence-corrected chi connectivity index (χ0v) is 20.1. The van der Waals surface area contributed by atoms with E-state index in [1.54, 1.807) is 21.2 Å². The molecule has 33 heavy (non-hydrogen) atoms. The summed E-state index contributed by atoms with van der Waals surface area (Å²) in [6.07, 6.45) is 1.34. The molecule has 0 aliphatic rings. The lowest BCUT2D eigenvalue weighted by molar-refractivity contribution is 0.789. The molecule has 0 saturated heterocycles. The van der Waals surface area contributed by atoms with Crippen molar-refractivity contribution < 1.29 is 0 Å². The molecule has 0 radical (unpaired) electrons. The summed E-state index contributed by atoms with van der Waals surface area (Å²) in [7, 11) is -2.33. The SMILES string of the molecule is [BH3-][P+](c1ccccc1)(c1ccccc1)[C@@H](C)C[C@H](C)[P+]([BH3-])(c1ccccc1)c1ccccc1. The quantitative estimate of drug-likeness (QED) is 0.271. The summed E-state index contributed by atoms with van der Waals surface area (Å²) in [6.45, 7) is 5.19. The average molecular weight is 468 g/mol. The molecule has 0 spiro atoms. The summed E-state index contributed by atoms with van der Waals surface area (Å²) in [5.74, 6) is 0. The Labute approximate surface area is 203 Å². The van der Waals surface area contributed by atoms with Gasteiger partial charge in [0.15, 0.2) is 0 Å². The van der Waals surface area contributed by atoms with Crippen LogP contribution in [0.4, 0.5) is 0 Å². The highest BCUT2D eigenvalue weighted by Crippen LogP contribution is 2.63. The van der Waals surface area contributed by atoms with E-state index in [1.165, 1.54) is 6.42 Å². The van der Waals surface area contributed by atoms with Gasteiger partial charge in [-0.2, -0.15) is 0 Å². The summed E-state index contributed by atoms with van der Waals surface area (Å²) in [6, 6.07) is 46.2. The van der Waals surface area contributed by atoms with E-state index in [1.807, 2.05) is 0 Å². The van der Waals surface area contributed by atoms with Gasteiger partial charge in [0.05, 0.1) is 21.2 Å². The molecular weight excluding hydrogens is 432 g/mol. The third kappa shape index (κ3) is 4.75. The van der Waals surface area contributed by atoms with Crippen molar-refractivity contribution in [2.24, 2.45) is 0 Å². The van der Waals surface area contributed by atoms with Crippen molar-refractivity contribution in [1.29, 1.82) is 0 Å². The molecular formula is C29H36B2P2. The van der Waals surface area contributed by atoms with Gasteiger partial charge >= 0.3 is 0 Å². The van der Waals surface area contributed by atoms with Crippen molar-refractivity contribution in [3.05, 3.63) is 121 Å². The lowest BCUT2D eigenvalue weighted by atomic mass is 10.2. The van der Waals surface area contributed by atoms with E-state index in [4.69, 9.17) is 0 Å². The molecule has 168 valence electrons.